The molecule has 2 saturated heterocycles. The van der Waals surface area contributed by atoms with Crippen molar-refractivity contribution in [1.82, 2.24) is 14.2 Å². The van der Waals surface area contributed by atoms with Crippen LogP contribution in [0.5, 0.6) is 0 Å². The Morgan fingerprint density at radius 3 is 2.33 bits per heavy atom. The Morgan fingerprint density at radius 2 is 1.71 bits per heavy atom. The summed E-state index contributed by atoms with van der Waals surface area (Å²) in [4.78, 5) is 18.2. The molecule has 0 saturated carbocycles. The third-order valence-corrected chi connectivity index (χ3v) is 6.45. The fourth-order valence-electron chi connectivity index (χ4n) is 3.14. The zero-order valence-corrected chi connectivity index (χ0v) is 14.6. The molecule has 1 N–H and O–H groups in total. The van der Waals surface area contributed by atoms with Crippen molar-refractivity contribution < 1.29 is 13.2 Å². The molecule has 8 heteroatoms. The second-order valence-electron chi connectivity index (χ2n) is 6.29. The van der Waals surface area contributed by atoms with Gasteiger partial charge in [0.05, 0.1) is 6.54 Å². The van der Waals surface area contributed by atoms with Gasteiger partial charge < -0.3 is 10.2 Å². The van der Waals surface area contributed by atoms with Crippen LogP contribution in [0.1, 0.15) is 32.1 Å². The maximum absolute atomic E-state index is 12.5. The van der Waals surface area contributed by atoms with E-state index < -0.39 is 10.0 Å². The van der Waals surface area contributed by atoms with Crippen molar-refractivity contribution in [3.8, 4) is 0 Å². The van der Waals surface area contributed by atoms with Crippen molar-refractivity contribution in [2.45, 2.75) is 37.0 Å². The summed E-state index contributed by atoms with van der Waals surface area (Å²) in [5.74, 6) is 0.569. The number of carbonyl (C=O) groups is 1. The number of amides is 1. The molecule has 2 aliphatic heterocycles. The number of carbonyl (C=O) groups excluding carboxylic acids is 1. The summed E-state index contributed by atoms with van der Waals surface area (Å²) in [6, 6.07) is 3.17. The Balaban J connectivity index is 1.59. The number of sulfonamides is 1. The lowest BCUT2D eigenvalue weighted by Crippen LogP contribution is -2.35. The SMILES string of the molecule is O=C(CNc1ccc(S(=O)(=O)N2CCCCC2)cn1)N1CCCC1. The fraction of sp³-hybridized carbons (Fsp3) is 0.625. The van der Waals surface area contributed by atoms with Crippen molar-refractivity contribution in [2.75, 3.05) is 38.0 Å². The van der Waals surface area contributed by atoms with Crippen LogP contribution < -0.4 is 5.32 Å². The standard InChI is InChI=1S/C16H24N4O3S/c21-16(19-8-4-5-9-19)13-18-15-7-6-14(12-17-15)24(22,23)20-10-2-1-3-11-20/h6-7,12H,1-5,8-11,13H2,(H,17,18). The third-order valence-electron chi connectivity index (χ3n) is 4.57. The predicted molar refractivity (Wildman–Crippen MR) is 91.2 cm³/mol. The Kier molecular flexibility index (Phi) is 5.35. The van der Waals surface area contributed by atoms with E-state index >= 15 is 0 Å². The largest absolute Gasteiger partial charge is 0.361 e. The van der Waals surface area contributed by atoms with Crippen molar-refractivity contribution in [2.24, 2.45) is 0 Å². The summed E-state index contributed by atoms with van der Waals surface area (Å²) >= 11 is 0. The summed E-state index contributed by atoms with van der Waals surface area (Å²) in [6.45, 7) is 2.98. The van der Waals surface area contributed by atoms with Gasteiger partial charge in [0, 0.05) is 32.4 Å². The molecule has 2 aliphatic rings. The van der Waals surface area contributed by atoms with Gasteiger partial charge in [0.25, 0.3) is 0 Å². The van der Waals surface area contributed by atoms with Crippen molar-refractivity contribution >= 4 is 21.7 Å². The van der Waals surface area contributed by atoms with E-state index in [1.54, 1.807) is 12.1 Å². The molecule has 0 aromatic carbocycles. The van der Waals surface area contributed by atoms with Crippen LogP contribution in [0.3, 0.4) is 0 Å². The highest BCUT2D eigenvalue weighted by molar-refractivity contribution is 7.89. The predicted octanol–water partition coefficient (Wildman–Crippen LogP) is 1.29. The van der Waals surface area contributed by atoms with Crippen LogP contribution in [0.2, 0.25) is 0 Å². The van der Waals surface area contributed by atoms with Crippen LogP contribution in [0.25, 0.3) is 0 Å². The Labute approximate surface area is 143 Å². The minimum atomic E-state index is -3.46. The number of hydrogen-bond acceptors (Lipinski definition) is 5. The van der Waals surface area contributed by atoms with Crippen molar-refractivity contribution in [3.05, 3.63) is 18.3 Å². The number of nitrogens with one attached hydrogen (secondary N) is 1. The second kappa shape index (κ2) is 7.48. The van der Waals surface area contributed by atoms with Crippen LogP contribution in [0.15, 0.2) is 23.2 Å². The number of hydrogen-bond donors (Lipinski definition) is 1. The smallest absolute Gasteiger partial charge is 0.244 e. The van der Waals surface area contributed by atoms with E-state index in [-0.39, 0.29) is 17.3 Å². The molecule has 2 fully saturated rings. The Bertz CT molecular complexity index is 663. The third kappa shape index (κ3) is 3.87. The van der Waals surface area contributed by atoms with Crippen molar-refractivity contribution in [3.63, 3.8) is 0 Å². The maximum atomic E-state index is 12.5. The molecule has 1 aromatic heterocycles. The Morgan fingerprint density at radius 1 is 1.04 bits per heavy atom. The van der Waals surface area contributed by atoms with Crippen LogP contribution in [-0.4, -0.2) is 61.2 Å². The Hall–Kier alpha value is -1.67. The van der Waals surface area contributed by atoms with Gasteiger partial charge in [0.15, 0.2) is 0 Å². The van der Waals surface area contributed by atoms with Gasteiger partial charge in [0.2, 0.25) is 15.9 Å². The van der Waals surface area contributed by atoms with E-state index in [0.717, 1.165) is 45.2 Å². The number of nitrogens with zero attached hydrogens (tertiary/aromatic N) is 3. The first kappa shape index (κ1) is 17.2. The molecular weight excluding hydrogens is 328 g/mol. The molecule has 0 radical (unpaired) electrons. The maximum Gasteiger partial charge on any atom is 0.244 e. The number of piperidine rings is 1. The molecule has 0 aliphatic carbocycles. The number of aromatic nitrogens is 1. The monoisotopic (exact) mass is 352 g/mol. The summed E-state index contributed by atoms with van der Waals surface area (Å²) in [7, 11) is -3.46. The van der Waals surface area contributed by atoms with Gasteiger partial charge in [-0.3, -0.25) is 4.79 Å². The van der Waals surface area contributed by atoms with Gasteiger partial charge >= 0.3 is 0 Å². The van der Waals surface area contributed by atoms with E-state index in [1.165, 1.54) is 10.5 Å². The number of rotatable bonds is 5. The van der Waals surface area contributed by atoms with Gasteiger partial charge in [-0.05, 0) is 37.8 Å². The first-order valence-corrected chi connectivity index (χ1v) is 9.99. The fourth-order valence-corrected chi connectivity index (χ4v) is 4.60. The topological polar surface area (TPSA) is 82.6 Å². The minimum Gasteiger partial charge on any atom is -0.361 e. The van der Waals surface area contributed by atoms with Crippen molar-refractivity contribution in [1.29, 1.82) is 0 Å². The first-order valence-electron chi connectivity index (χ1n) is 8.55. The van der Waals surface area contributed by atoms with Crippen LogP contribution >= 0.6 is 0 Å². The number of likely N-dealkylation sites (tertiary alicyclic amines) is 1. The summed E-state index contributed by atoms with van der Waals surface area (Å²) < 4.78 is 26.6. The average molecular weight is 352 g/mol. The normalized spacial score (nSPS) is 19.4. The summed E-state index contributed by atoms with van der Waals surface area (Å²) in [6.07, 6.45) is 6.39. The average Bonchev–Trinajstić information content (AvgIpc) is 3.15. The van der Waals surface area contributed by atoms with Gasteiger partial charge in [-0.25, -0.2) is 13.4 Å². The summed E-state index contributed by atoms with van der Waals surface area (Å²) in [5.41, 5.74) is 0. The van der Waals surface area contributed by atoms with E-state index in [2.05, 4.69) is 10.3 Å². The molecule has 3 heterocycles. The molecule has 0 atom stereocenters. The van der Waals surface area contributed by atoms with Gasteiger partial charge in [-0.15, -0.1) is 0 Å². The molecule has 1 aromatic rings. The first-order chi connectivity index (χ1) is 11.6. The highest BCUT2D eigenvalue weighted by atomic mass is 32.2. The molecule has 0 unspecified atom stereocenters. The van der Waals surface area contributed by atoms with Gasteiger partial charge in [0.1, 0.15) is 10.7 Å². The summed E-state index contributed by atoms with van der Waals surface area (Å²) in [5, 5.41) is 2.97. The number of anilines is 1. The van der Waals surface area contributed by atoms with E-state index in [0.29, 0.717) is 18.9 Å². The van der Waals surface area contributed by atoms with Crippen LogP contribution in [-0.2, 0) is 14.8 Å². The highest BCUT2D eigenvalue weighted by Gasteiger charge is 2.26. The van der Waals surface area contributed by atoms with E-state index in [9.17, 15) is 13.2 Å². The number of pyridine rings is 1. The minimum absolute atomic E-state index is 0.0549. The highest BCUT2D eigenvalue weighted by Crippen LogP contribution is 2.20. The molecule has 132 valence electrons. The van der Waals surface area contributed by atoms with Gasteiger partial charge in [-0.1, -0.05) is 6.42 Å². The lowest BCUT2D eigenvalue weighted by atomic mass is 10.2. The molecule has 1 amide bonds. The second-order valence-corrected chi connectivity index (χ2v) is 8.22. The van der Waals surface area contributed by atoms with Gasteiger partial charge in [-0.2, -0.15) is 4.31 Å². The van der Waals surface area contributed by atoms with E-state index in [1.807, 2.05) is 4.90 Å². The zero-order chi connectivity index (χ0) is 17.0. The van der Waals surface area contributed by atoms with Crippen LogP contribution in [0, 0.1) is 0 Å². The zero-order valence-electron chi connectivity index (χ0n) is 13.8. The molecule has 7 nitrogen and oxygen atoms in total. The quantitative estimate of drug-likeness (QED) is 0.863. The van der Waals surface area contributed by atoms with Crippen LogP contribution in [0.4, 0.5) is 5.82 Å². The molecule has 0 bridgehead atoms. The molecular formula is C16H24N4O3S. The molecule has 24 heavy (non-hydrogen) atoms. The van der Waals surface area contributed by atoms with E-state index in [4.69, 9.17) is 0 Å². The lowest BCUT2D eigenvalue weighted by molar-refractivity contribution is -0.128. The molecule has 3 rings (SSSR count). The molecule has 0 spiro atoms. The lowest BCUT2D eigenvalue weighted by Gasteiger charge is -2.25.